The van der Waals surface area contributed by atoms with Gasteiger partial charge in [0, 0.05) is 8.07 Å². The summed E-state index contributed by atoms with van der Waals surface area (Å²) in [7, 11) is -2.23. The van der Waals surface area contributed by atoms with Crippen LogP contribution in [0.4, 0.5) is 0 Å². The molecule has 0 bridgehead atoms. The zero-order valence-corrected chi connectivity index (χ0v) is 37.3. The second-order valence-electron chi connectivity index (χ2n) is 15.6. The predicted octanol–water partition coefficient (Wildman–Crippen LogP) is 14.2. The fourth-order valence-electron chi connectivity index (χ4n) is 9.01. The largest absolute Gasteiger partial charge is 4.00 e. The average molecular weight is 840 g/mol. The van der Waals surface area contributed by atoms with Gasteiger partial charge in [0.25, 0.3) is 0 Å². The van der Waals surface area contributed by atoms with E-state index in [4.69, 9.17) is 0 Å². The van der Waals surface area contributed by atoms with E-state index in [1.807, 2.05) is 60.7 Å². The summed E-state index contributed by atoms with van der Waals surface area (Å²) in [4.78, 5) is 0. The molecular weight excluding hydrogens is 792 g/mol. The van der Waals surface area contributed by atoms with Crippen molar-refractivity contribution in [2.45, 2.75) is 26.9 Å². The van der Waals surface area contributed by atoms with E-state index in [-0.39, 0.29) is 26.2 Å². The molecule has 0 saturated carbocycles. The number of hydrogen-bond donors (Lipinski definition) is 0. The molecule has 0 heterocycles. The van der Waals surface area contributed by atoms with Crippen molar-refractivity contribution in [3.8, 4) is 22.3 Å². The normalized spacial score (nSPS) is 11.1. The van der Waals surface area contributed by atoms with E-state index < -0.39 is 8.07 Å². The van der Waals surface area contributed by atoms with Gasteiger partial charge in [-0.1, -0.05) is 147 Å². The molecule has 0 unspecified atom stereocenters. The van der Waals surface area contributed by atoms with Crippen LogP contribution in [-0.4, -0.2) is 8.07 Å². The van der Waals surface area contributed by atoms with Crippen LogP contribution in [0.2, 0.25) is 13.1 Å². The summed E-state index contributed by atoms with van der Waals surface area (Å²) in [5.41, 5.74) is 10.3. The standard InChI is InChI=1S/C42H34Si.2C7H7.Zr/c1-27-25-31-17-11-23-37(35-21-9-15-29-13-5-7-19-33(29)35)39(31)41(27)43(3,4)42-28(2)26-32-18-12-24-38(40(32)42)36-22-10-16-30-14-6-8-20-34(30)36;2*1-7-5-3-2-4-6-7;/h5-26H,1-4H3;2*2-6H,1H2;/q-2;2*-1;+4. The third-order valence-electron chi connectivity index (χ3n) is 11.3. The van der Waals surface area contributed by atoms with Crippen molar-refractivity contribution in [3.63, 3.8) is 0 Å². The minimum atomic E-state index is -2.23. The van der Waals surface area contributed by atoms with Crippen LogP contribution in [0.15, 0.2) is 194 Å². The van der Waals surface area contributed by atoms with Crippen molar-refractivity contribution in [2.24, 2.45) is 0 Å². The Bertz CT molecular complexity index is 2750. The molecule has 0 saturated heterocycles. The van der Waals surface area contributed by atoms with Gasteiger partial charge < -0.3 is 0 Å². The number of hydrogen-bond acceptors (Lipinski definition) is 0. The molecule has 0 nitrogen and oxygen atoms in total. The second kappa shape index (κ2) is 17.5. The fraction of sp³-hybridized carbons (Fsp3) is 0.0714. The molecule has 0 amide bonds. The first-order valence-electron chi connectivity index (χ1n) is 19.8. The molecule has 0 aromatic heterocycles. The summed E-state index contributed by atoms with van der Waals surface area (Å²) < 4.78 is 0. The van der Waals surface area contributed by atoms with Gasteiger partial charge >= 0.3 is 26.2 Å². The van der Waals surface area contributed by atoms with E-state index >= 15 is 0 Å². The van der Waals surface area contributed by atoms with Gasteiger partial charge in [-0.3, -0.25) is 0 Å². The Morgan fingerprint density at radius 1 is 0.379 bits per heavy atom. The van der Waals surface area contributed by atoms with Gasteiger partial charge in [0.15, 0.2) is 0 Å². The molecule has 0 N–H and O–H groups in total. The van der Waals surface area contributed by atoms with Gasteiger partial charge in [-0.05, 0) is 32.7 Å². The molecule has 0 atom stereocenters. The zero-order valence-electron chi connectivity index (χ0n) is 33.9. The molecule has 10 rings (SSSR count). The summed E-state index contributed by atoms with van der Waals surface area (Å²) in [5.74, 6) is 0. The molecule has 0 aliphatic heterocycles. The van der Waals surface area contributed by atoms with E-state index in [2.05, 4.69) is 174 Å². The maximum absolute atomic E-state index is 3.72. The molecule has 10 aromatic rings. The van der Waals surface area contributed by atoms with Crippen LogP contribution in [0, 0.1) is 27.7 Å². The smallest absolute Gasteiger partial charge is 0.199 e. The van der Waals surface area contributed by atoms with E-state index in [0.29, 0.717) is 0 Å². The van der Waals surface area contributed by atoms with Crippen LogP contribution in [0.5, 0.6) is 0 Å². The molecule has 0 fully saturated rings. The molecule has 0 radical (unpaired) electrons. The molecule has 0 aliphatic rings. The van der Waals surface area contributed by atoms with Crippen molar-refractivity contribution < 1.29 is 26.2 Å². The average Bonchev–Trinajstić information content (AvgIpc) is 3.78. The Hall–Kier alpha value is -5.66. The van der Waals surface area contributed by atoms with Gasteiger partial charge in [-0.2, -0.15) is 59.6 Å². The van der Waals surface area contributed by atoms with E-state index in [9.17, 15) is 0 Å². The molecule has 280 valence electrons. The topological polar surface area (TPSA) is 0 Å². The monoisotopic (exact) mass is 838 g/mol. The number of aryl methyl sites for hydroxylation is 2. The van der Waals surface area contributed by atoms with Gasteiger partial charge in [0.1, 0.15) is 0 Å². The number of rotatable bonds is 4. The summed E-state index contributed by atoms with van der Waals surface area (Å²) in [6.07, 6.45) is 0. The first kappa shape index (κ1) is 40.5. The summed E-state index contributed by atoms with van der Waals surface area (Å²) in [6.45, 7) is 17.3. The van der Waals surface area contributed by atoms with E-state index in [1.165, 1.54) is 76.5 Å². The van der Waals surface area contributed by atoms with Crippen molar-refractivity contribution in [3.05, 3.63) is 230 Å². The third-order valence-corrected chi connectivity index (χ3v) is 15.1. The summed E-state index contributed by atoms with van der Waals surface area (Å²) >= 11 is 0. The quantitative estimate of drug-likeness (QED) is 0.122. The van der Waals surface area contributed by atoms with Crippen LogP contribution < -0.4 is 10.4 Å². The Balaban J connectivity index is 0.000000289. The first-order valence-corrected chi connectivity index (χ1v) is 22.8. The van der Waals surface area contributed by atoms with Gasteiger partial charge in [-0.25, -0.2) is 0 Å². The molecular formula is C56H48SiZr. The van der Waals surface area contributed by atoms with Crippen LogP contribution >= 0.6 is 0 Å². The molecule has 58 heavy (non-hydrogen) atoms. The minimum Gasteiger partial charge on any atom is -0.199 e. The zero-order chi connectivity index (χ0) is 39.5. The Morgan fingerprint density at radius 3 is 1.09 bits per heavy atom. The SMILES string of the molecule is Cc1[cH-]c2cccc(-c3cccc4ccccc34)c2c1[Si](C)(C)c1c(C)[cH-]c2cccc(-c3cccc4ccccc34)c12.[CH2-]c1ccccc1.[CH2-]c1ccccc1.[Zr+4]. The first-order chi connectivity index (χ1) is 27.7. The van der Waals surface area contributed by atoms with Crippen LogP contribution in [0.3, 0.4) is 0 Å². The van der Waals surface area contributed by atoms with E-state index in [1.54, 1.807) is 10.4 Å². The second-order valence-corrected chi connectivity index (χ2v) is 19.8. The third kappa shape index (κ3) is 7.93. The Labute approximate surface area is 364 Å². The van der Waals surface area contributed by atoms with Gasteiger partial charge in [0.05, 0.1) is 0 Å². The van der Waals surface area contributed by atoms with Crippen molar-refractivity contribution in [1.82, 2.24) is 0 Å². The molecule has 0 aliphatic carbocycles. The minimum absolute atomic E-state index is 0. The van der Waals surface area contributed by atoms with E-state index in [0.717, 1.165) is 11.1 Å². The summed E-state index contributed by atoms with van der Waals surface area (Å²) in [5, 5.41) is 13.9. The van der Waals surface area contributed by atoms with Crippen molar-refractivity contribution in [1.29, 1.82) is 0 Å². The fourth-order valence-corrected chi connectivity index (χ4v) is 13.2. The Morgan fingerprint density at radius 2 is 0.707 bits per heavy atom. The predicted molar refractivity (Wildman–Crippen MR) is 253 cm³/mol. The molecule has 0 spiro atoms. The molecule has 2 heteroatoms. The number of fused-ring (bicyclic) bond motifs is 4. The van der Waals surface area contributed by atoms with Crippen molar-refractivity contribution in [2.75, 3.05) is 0 Å². The van der Waals surface area contributed by atoms with Crippen molar-refractivity contribution >= 4 is 61.5 Å². The maximum Gasteiger partial charge on any atom is 4.00 e. The van der Waals surface area contributed by atoms with Crippen LogP contribution in [0.1, 0.15) is 22.3 Å². The van der Waals surface area contributed by atoms with Gasteiger partial charge in [0.2, 0.25) is 0 Å². The Kier molecular flexibility index (Phi) is 12.2. The van der Waals surface area contributed by atoms with Crippen LogP contribution in [0.25, 0.3) is 65.3 Å². The molecule has 10 aromatic carbocycles. The number of benzene rings is 8. The maximum atomic E-state index is 3.72. The van der Waals surface area contributed by atoms with Crippen LogP contribution in [-0.2, 0) is 26.2 Å². The summed E-state index contributed by atoms with van der Waals surface area (Å²) in [6, 6.07) is 69.4. The van der Waals surface area contributed by atoms with Gasteiger partial charge in [-0.15, -0.1) is 93.3 Å².